The molecule has 0 aliphatic heterocycles. The Bertz CT molecular complexity index is 462. The third-order valence-corrected chi connectivity index (χ3v) is 4.87. The van der Waals surface area contributed by atoms with Crippen LogP contribution in [0.25, 0.3) is 0 Å². The number of carboxylic acid groups (broad SMARTS) is 1. The van der Waals surface area contributed by atoms with E-state index in [4.69, 9.17) is 0 Å². The number of amides is 1. The Hall–Kier alpha value is -1.15. The molecule has 0 saturated heterocycles. The summed E-state index contributed by atoms with van der Waals surface area (Å²) in [5.74, 6) is -1.96. The SMILES string of the molecule is CN(CC(=O)N[C@H]1CCCCC[C@H]1C(=O)O)S(C)(=O)=O. The van der Waals surface area contributed by atoms with E-state index in [2.05, 4.69) is 5.32 Å². The Labute approximate surface area is 119 Å². The Morgan fingerprint density at radius 2 is 1.85 bits per heavy atom. The van der Waals surface area contributed by atoms with E-state index in [0.717, 1.165) is 29.8 Å². The van der Waals surface area contributed by atoms with Gasteiger partial charge in [-0.2, -0.15) is 4.31 Å². The monoisotopic (exact) mass is 306 g/mol. The van der Waals surface area contributed by atoms with Gasteiger partial charge in [0.1, 0.15) is 0 Å². The summed E-state index contributed by atoms with van der Waals surface area (Å²) in [6, 6.07) is -0.421. The average Bonchev–Trinajstić information content (AvgIpc) is 2.52. The molecular weight excluding hydrogens is 284 g/mol. The van der Waals surface area contributed by atoms with E-state index in [9.17, 15) is 23.1 Å². The maximum absolute atomic E-state index is 11.8. The molecule has 0 unspecified atom stereocenters. The van der Waals surface area contributed by atoms with E-state index in [1.54, 1.807) is 0 Å². The highest BCUT2D eigenvalue weighted by molar-refractivity contribution is 7.88. The molecule has 0 aromatic carbocycles. The van der Waals surface area contributed by atoms with Crippen LogP contribution in [0.3, 0.4) is 0 Å². The van der Waals surface area contributed by atoms with Crippen LogP contribution in [0.5, 0.6) is 0 Å². The van der Waals surface area contributed by atoms with Gasteiger partial charge in [0.25, 0.3) is 0 Å². The van der Waals surface area contributed by atoms with Gasteiger partial charge >= 0.3 is 5.97 Å². The summed E-state index contributed by atoms with van der Waals surface area (Å²) in [5.41, 5.74) is 0. The largest absolute Gasteiger partial charge is 0.481 e. The van der Waals surface area contributed by atoms with Crippen LogP contribution in [0.2, 0.25) is 0 Å². The lowest BCUT2D eigenvalue weighted by Gasteiger charge is -2.24. The molecule has 0 aromatic heterocycles. The van der Waals surface area contributed by atoms with Gasteiger partial charge in [0, 0.05) is 13.1 Å². The zero-order valence-corrected chi connectivity index (χ0v) is 12.6. The smallest absolute Gasteiger partial charge is 0.308 e. The second-order valence-corrected chi connectivity index (χ2v) is 7.37. The van der Waals surface area contributed by atoms with E-state index >= 15 is 0 Å². The van der Waals surface area contributed by atoms with Crippen LogP contribution < -0.4 is 5.32 Å². The number of hydrogen-bond acceptors (Lipinski definition) is 4. The molecule has 0 aromatic rings. The van der Waals surface area contributed by atoms with Gasteiger partial charge in [-0.3, -0.25) is 9.59 Å². The van der Waals surface area contributed by atoms with Crippen molar-refractivity contribution in [2.24, 2.45) is 5.92 Å². The first-order chi connectivity index (χ1) is 9.21. The highest BCUT2D eigenvalue weighted by Gasteiger charge is 2.31. The summed E-state index contributed by atoms with van der Waals surface area (Å²) in [4.78, 5) is 23.1. The summed E-state index contributed by atoms with van der Waals surface area (Å²) in [5, 5.41) is 11.9. The van der Waals surface area contributed by atoms with Gasteiger partial charge in [0.2, 0.25) is 15.9 Å². The maximum atomic E-state index is 11.8. The van der Waals surface area contributed by atoms with Crippen LogP contribution in [-0.4, -0.2) is 55.6 Å². The van der Waals surface area contributed by atoms with Crippen molar-refractivity contribution in [1.82, 2.24) is 9.62 Å². The lowest BCUT2D eigenvalue weighted by molar-refractivity contribution is -0.143. The summed E-state index contributed by atoms with van der Waals surface area (Å²) in [6.45, 7) is -0.290. The molecule has 2 N–H and O–H groups in total. The molecule has 8 heteroatoms. The molecule has 0 radical (unpaired) electrons. The lowest BCUT2D eigenvalue weighted by Crippen LogP contribution is -2.46. The van der Waals surface area contributed by atoms with E-state index in [1.165, 1.54) is 7.05 Å². The molecular formula is C12H22N2O5S. The molecule has 0 bridgehead atoms. The van der Waals surface area contributed by atoms with E-state index in [0.29, 0.717) is 12.8 Å². The third kappa shape index (κ3) is 5.09. The van der Waals surface area contributed by atoms with Gasteiger partial charge in [-0.15, -0.1) is 0 Å². The fraction of sp³-hybridized carbons (Fsp3) is 0.833. The predicted molar refractivity (Wildman–Crippen MR) is 73.6 cm³/mol. The number of likely N-dealkylation sites (N-methyl/N-ethyl adjacent to an activating group) is 1. The van der Waals surface area contributed by atoms with Crippen LogP contribution in [-0.2, 0) is 19.6 Å². The maximum Gasteiger partial charge on any atom is 0.308 e. The molecule has 1 aliphatic carbocycles. The molecule has 0 heterocycles. The first-order valence-corrected chi connectivity index (χ1v) is 8.50. The molecule has 20 heavy (non-hydrogen) atoms. The van der Waals surface area contributed by atoms with Crippen molar-refractivity contribution in [3.8, 4) is 0 Å². The molecule has 1 saturated carbocycles. The highest BCUT2D eigenvalue weighted by atomic mass is 32.2. The average molecular weight is 306 g/mol. The molecule has 1 fully saturated rings. The Morgan fingerprint density at radius 1 is 1.25 bits per heavy atom. The number of hydrogen-bond donors (Lipinski definition) is 2. The van der Waals surface area contributed by atoms with Crippen molar-refractivity contribution in [2.45, 2.75) is 38.1 Å². The topological polar surface area (TPSA) is 104 Å². The van der Waals surface area contributed by atoms with Gasteiger partial charge in [0.05, 0.1) is 18.7 Å². The summed E-state index contributed by atoms with van der Waals surface area (Å²) >= 11 is 0. The predicted octanol–water partition coefficient (Wildman–Crippen LogP) is 0.0275. The first-order valence-electron chi connectivity index (χ1n) is 6.65. The fourth-order valence-corrected chi connectivity index (χ4v) is 2.70. The van der Waals surface area contributed by atoms with Crippen molar-refractivity contribution >= 4 is 21.9 Å². The quantitative estimate of drug-likeness (QED) is 0.697. The minimum Gasteiger partial charge on any atom is -0.481 e. The van der Waals surface area contributed by atoms with Crippen LogP contribution in [0.1, 0.15) is 32.1 Å². The number of nitrogens with one attached hydrogen (secondary N) is 1. The zero-order valence-electron chi connectivity index (χ0n) is 11.8. The molecule has 116 valence electrons. The number of rotatable bonds is 5. The number of nitrogens with zero attached hydrogens (tertiary/aromatic N) is 1. The number of carboxylic acids is 1. The molecule has 2 atom stereocenters. The van der Waals surface area contributed by atoms with Gasteiger partial charge in [0.15, 0.2) is 0 Å². The van der Waals surface area contributed by atoms with Crippen LogP contribution in [0, 0.1) is 5.92 Å². The number of carbonyl (C=O) groups excluding carboxylic acids is 1. The third-order valence-electron chi connectivity index (χ3n) is 3.61. The lowest BCUT2D eigenvalue weighted by atomic mass is 9.95. The summed E-state index contributed by atoms with van der Waals surface area (Å²) < 4.78 is 23.4. The van der Waals surface area contributed by atoms with E-state index < -0.39 is 33.9 Å². The van der Waals surface area contributed by atoms with E-state index in [-0.39, 0.29) is 6.54 Å². The molecule has 1 rings (SSSR count). The Balaban J connectivity index is 2.64. The highest BCUT2D eigenvalue weighted by Crippen LogP contribution is 2.23. The Morgan fingerprint density at radius 3 is 2.40 bits per heavy atom. The van der Waals surface area contributed by atoms with Gasteiger partial charge < -0.3 is 10.4 Å². The number of sulfonamides is 1. The van der Waals surface area contributed by atoms with Crippen LogP contribution >= 0.6 is 0 Å². The number of aliphatic carboxylic acids is 1. The van der Waals surface area contributed by atoms with Gasteiger partial charge in [-0.05, 0) is 12.8 Å². The van der Waals surface area contributed by atoms with Crippen molar-refractivity contribution in [3.63, 3.8) is 0 Å². The standard InChI is InChI=1S/C12H22N2O5S/c1-14(20(2,18)19)8-11(15)13-10-7-5-3-4-6-9(10)12(16)17/h9-10H,3-8H2,1-2H3,(H,13,15)(H,16,17)/t9-,10+/m1/s1. The van der Waals surface area contributed by atoms with Crippen molar-refractivity contribution in [2.75, 3.05) is 19.8 Å². The van der Waals surface area contributed by atoms with Crippen molar-refractivity contribution < 1.29 is 23.1 Å². The second-order valence-electron chi connectivity index (χ2n) is 5.28. The molecule has 0 spiro atoms. The Kier molecular flexibility index (Phi) is 5.94. The van der Waals surface area contributed by atoms with Gasteiger partial charge in [-0.1, -0.05) is 19.3 Å². The van der Waals surface area contributed by atoms with E-state index in [1.807, 2.05) is 0 Å². The van der Waals surface area contributed by atoms with Crippen LogP contribution in [0.4, 0.5) is 0 Å². The fourth-order valence-electron chi connectivity index (χ4n) is 2.35. The summed E-state index contributed by atoms with van der Waals surface area (Å²) in [7, 11) is -2.10. The van der Waals surface area contributed by atoms with Crippen molar-refractivity contribution in [3.05, 3.63) is 0 Å². The zero-order chi connectivity index (χ0) is 15.3. The normalized spacial score (nSPS) is 24.1. The molecule has 1 amide bonds. The minimum atomic E-state index is -3.42. The summed E-state index contributed by atoms with van der Waals surface area (Å²) in [6.07, 6.45) is 4.85. The first kappa shape index (κ1) is 16.9. The molecule has 1 aliphatic rings. The van der Waals surface area contributed by atoms with Gasteiger partial charge in [-0.25, -0.2) is 8.42 Å². The van der Waals surface area contributed by atoms with Crippen LogP contribution in [0.15, 0.2) is 0 Å². The minimum absolute atomic E-state index is 0.290. The van der Waals surface area contributed by atoms with Crippen molar-refractivity contribution in [1.29, 1.82) is 0 Å². The molecule has 7 nitrogen and oxygen atoms in total. The number of carbonyl (C=O) groups is 2. The second kappa shape index (κ2) is 7.03.